The molecule has 1 saturated heterocycles. The van der Waals surface area contributed by atoms with Gasteiger partial charge in [0.25, 0.3) is 0 Å². The molecular weight excluding hydrogens is 240 g/mol. The molecule has 0 aliphatic carbocycles. The summed E-state index contributed by atoms with van der Waals surface area (Å²) in [6.07, 6.45) is 3.54. The van der Waals surface area contributed by atoms with Gasteiger partial charge in [-0.25, -0.2) is 4.99 Å². The summed E-state index contributed by atoms with van der Waals surface area (Å²) in [5.74, 6) is 0.328. The lowest BCUT2D eigenvalue weighted by atomic mass is 10.1. The summed E-state index contributed by atoms with van der Waals surface area (Å²) < 4.78 is 0. The Kier molecular flexibility index (Phi) is 4.78. The van der Waals surface area contributed by atoms with Crippen molar-refractivity contribution in [2.45, 2.75) is 19.3 Å². The lowest BCUT2D eigenvalue weighted by molar-refractivity contribution is -0.114. The van der Waals surface area contributed by atoms with E-state index in [0.717, 1.165) is 31.6 Å². The van der Waals surface area contributed by atoms with Crippen LogP contribution in [-0.2, 0) is 4.79 Å². The summed E-state index contributed by atoms with van der Waals surface area (Å²) in [5, 5.41) is 2.78. The largest absolute Gasteiger partial charge is 0.370 e. The monoisotopic (exact) mass is 260 g/mol. The summed E-state index contributed by atoms with van der Waals surface area (Å²) in [5.41, 5.74) is 6.66. The molecule has 0 spiro atoms. The molecule has 0 atom stereocenters. The van der Waals surface area contributed by atoms with Gasteiger partial charge in [0.15, 0.2) is 5.96 Å². The number of nitrogens with two attached hydrogens (primary N) is 1. The van der Waals surface area contributed by atoms with Crippen LogP contribution >= 0.6 is 0 Å². The van der Waals surface area contributed by atoms with Gasteiger partial charge in [-0.15, -0.1) is 0 Å². The van der Waals surface area contributed by atoms with E-state index in [4.69, 9.17) is 5.73 Å². The van der Waals surface area contributed by atoms with E-state index in [9.17, 15) is 4.79 Å². The van der Waals surface area contributed by atoms with Crippen molar-refractivity contribution in [1.29, 1.82) is 0 Å². The van der Waals surface area contributed by atoms with Gasteiger partial charge < -0.3 is 16.0 Å². The van der Waals surface area contributed by atoms with E-state index >= 15 is 0 Å². The predicted molar refractivity (Wildman–Crippen MR) is 77.0 cm³/mol. The highest BCUT2D eigenvalue weighted by Crippen LogP contribution is 2.08. The van der Waals surface area contributed by atoms with Crippen molar-refractivity contribution < 1.29 is 4.79 Å². The lowest BCUT2D eigenvalue weighted by Gasteiger charge is -2.27. The van der Waals surface area contributed by atoms with Crippen molar-refractivity contribution >= 4 is 17.6 Å². The van der Waals surface area contributed by atoms with Gasteiger partial charge in [-0.3, -0.25) is 4.79 Å². The van der Waals surface area contributed by atoms with E-state index in [1.54, 1.807) is 0 Å². The van der Waals surface area contributed by atoms with Gasteiger partial charge in [0, 0.05) is 18.8 Å². The third-order valence-corrected chi connectivity index (χ3v) is 3.12. The van der Waals surface area contributed by atoms with Crippen LogP contribution in [-0.4, -0.2) is 36.4 Å². The van der Waals surface area contributed by atoms with E-state index in [-0.39, 0.29) is 12.5 Å². The maximum absolute atomic E-state index is 11.7. The Morgan fingerprint density at radius 1 is 1.21 bits per heavy atom. The number of carbonyl (C=O) groups excluding carboxylic acids is 1. The highest BCUT2D eigenvalue weighted by molar-refractivity contribution is 5.93. The summed E-state index contributed by atoms with van der Waals surface area (Å²) in [4.78, 5) is 17.9. The van der Waals surface area contributed by atoms with Gasteiger partial charge in [0.05, 0.1) is 0 Å². The quantitative estimate of drug-likeness (QED) is 0.638. The zero-order valence-electron chi connectivity index (χ0n) is 11.0. The Bertz CT molecular complexity index is 438. The van der Waals surface area contributed by atoms with Crippen molar-refractivity contribution in [3.05, 3.63) is 30.3 Å². The van der Waals surface area contributed by atoms with E-state index in [1.807, 2.05) is 35.2 Å². The van der Waals surface area contributed by atoms with Crippen LogP contribution in [0.15, 0.2) is 35.3 Å². The van der Waals surface area contributed by atoms with Crippen LogP contribution in [0.25, 0.3) is 0 Å². The number of para-hydroxylation sites is 1. The molecule has 0 unspecified atom stereocenters. The van der Waals surface area contributed by atoms with Crippen LogP contribution in [0.1, 0.15) is 19.3 Å². The third-order valence-electron chi connectivity index (χ3n) is 3.12. The van der Waals surface area contributed by atoms with Crippen molar-refractivity contribution in [3.63, 3.8) is 0 Å². The predicted octanol–water partition coefficient (Wildman–Crippen LogP) is 1.43. The smallest absolute Gasteiger partial charge is 0.246 e. The molecule has 1 amide bonds. The fraction of sp³-hybridized carbons (Fsp3) is 0.429. The number of nitrogens with zero attached hydrogens (tertiary/aromatic N) is 2. The van der Waals surface area contributed by atoms with Crippen LogP contribution in [0.4, 0.5) is 5.69 Å². The SMILES string of the molecule is NC(=NCC(=O)Nc1ccccc1)N1CCCCC1. The van der Waals surface area contributed by atoms with E-state index in [1.165, 1.54) is 6.42 Å². The van der Waals surface area contributed by atoms with E-state index in [2.05, 4.69) is 10.3 Å². The number of benzene rings is 1. The molecule has 1 heterocycles. The molecule has 102 valence electrons. The number of hydrogen-bond donors (Lipinski definition) is 2. The number of rotatable bonds is 3. The number of carbonyl (C=O) groups is 1. The maximum Gasteiger partial charge on any atom is 0.246 e. The van der Waals surface area contributed by atoms with Crippen LogP contribution in [0.3, 0.4) is 0 Å². The molecule has 0 saturated carbocycles. The fourth-order valence-electron chi connectivity index (χ4n) is 2.10. The number of amides is 1. The molecular formula is C14H20N4O. The number of aliphatic imine (C=N–C) groups is 1. The number of anilines is 1. The van der Waals surface area contributed by atoms with Gasteiger partial charge in [-0.1, -0.05) is 18.2 Å². The molecule has 1 aromatic rings. The molecule has 1 aliphatic heterocycles. The van der Waals surface area contributed by atoms with Crippen LogP contribution in [0.5, 0.6) is 0 Å². The molecule has 5 nitrogen and oxygen atoms in total. The molecule has 0 bridgehead atoms. The molecule has 0 radical (unpaired) electrons. The first kappa shape index (κ1) is 13.4. The standard InChI is InChI=1S/C14H20N4O/c15-14(18-9-5-2-6-10-18)16-11-13(19)17-12-7-3-1-4-8-12/h1,3-4,7-8H,2,5-6,9-11H2,(H2,15,16)(H,17,19). The Morgan fingerprint density at radius 3 is 2.58 bits per heavy atom. The normalized spacial score (nSPS) is 16.2. The van der Waals surface area contributed by atoms with Crippen molar-refractivity contribution in [2.24, 2.45) is 10.7 Å². The highest BCUT2D eigenvalue weighted by atomic mass is 16.1. The van der Waals surface area contributed by atoms with Crippen molar-refractivity contribution in [1.82, 2.24) is 4.90 Å². The zero-order chi connectivity index (χ0) is 13.5. The number of guanidine groups is 1. The van der Waals surface area contributed by atoms with Gasteiger partial charge in [0.1, 0.15) is 6.54 Å². The molecule has 5 heteroatoms. The fourth-order valence-corrected chi connectivity index (χ4v) is 2.10. The summed E-state index contributed by atoms with van der Waals surface area (Å²) >= 11 is 0. The van der Waals surface area contributed by atoms with E-state index < -0.39 is 0 Å². The third kappa shape index (κ3) is 4.28. The maximum atomic E-state index is 11.7. The molecule has 0 aromatic heterocycles. The molecule has 1 fully saturated rings. The topological polar surface area (TPSA) is 70.7 Å². The van der Waals surface area contributed by atoms with Crippen molar-refractivity contribution in [2.75, 3.05) is 25.0 Å². The van der Waals surface area contributed by atoms with Crippen LogP contribution in [0.2, 0.25) is 0 Å². The average Bonchev–Trinajstić information content (AvgIpc) is 2.47. The first-order valence-electron chi connectivity index (χ1n) is 6.65. The Labute approximate surface area is 113 Å². The average molecular weight is 260 g/mol. The van der Waals surface area contributed by atoms with E-state index in [0.29, 0.717) is 5.96 Å². The Balaban J connectivity index is 1.82. The second-order valence-electron chi connectivity index (χ2n) is 4.64. The van der Waals surface area contributed by atoms with Crippen LogP contribution in [0, 0.1) is 0 Å². The molecule has 19 heavy (non-hydrogen) atoms. The second-order valence-corrected chi connectivity index (χ2v) is 4.64. The molecule has 1 aliphatic rings. The molecule has 2 rings (SSSR count). The molecule has 3 N–H and O–H groups in total. The zero-order valence-corrected chi connectivity index (χ0v) is 11.0. The minimum absolute atomic E-state index is 0.0667. The minimum atomic E-state index is -0.147. The van der Waals surface area contributed by atoms with Gasteiger partial charge >= 0.3 is 0 Å². The van der Waals surface area contributed by atoms with Gasteiger partial charge in [-0.05, 0) is 31.4 Å². The number of nitrogens with one attached hydrogen (secondary N) is 1. The number of piperidine rings is 1. The summed E-state index contributed by atoms with van der Waals surface area (Å²) in [7, 11) is 0. The first-order valence-corrected chi connectivity index (χ1v) is 6.65. The first-order chi connectivity index (χ1) is 9.25. The minimum Gasteiger partial charge on any atom is -0.370 e. The highest BCUT2D eigenvalue weighted by Gasteiger charge is 2.12. The van der Waals surface area contributed by atoms with Crippen molar-refractivity contribution in [3.8, 4) is 0 Å². The number of likely N-dealkylation sites (tertiary alicyclic amines) is 1. The summed E-state index contributed by atoms with van der Waals surface area (Å²) in [6.45, 7) is 1.95. The Morgan fingerprint density at radius 2 is 1.89 bits per heavy atom. The molecule has 1 aromatic carbocycles. The lowest BCUT2D eigenvalue weighted by Crippen LogP contribution is -2.41. The summed E-state index contributed by atoms with van der Waals surface area (Å²) in [6, 6.07) is 9.34. The number of hydrogen-bond acceptors (Lipinski definition) is 2. The van der Waals surface area contributed by atoms with Gasteiger partial charge in [-0.2, -0.15) is 0 Å². The second kappa shape index (κ2) is 6.78. The van der Waals surface area contributed by atoms with Gasteiger partial charge in [0.2, 0.25) is 5.91 Å². The Hall–Kier alpha value is -2.04. The van der Waals surface area contributed by atoms with Crippen LogP contribution < -0.4 is 11.1 Å².